The Morgan fingerprint density at radius 1 is 1.25 bits per heavy atom. The van der Waals surface area contributed by atoms with Gasteiger partial charge in [-0.05, 0) is 57.8 Å². The Kier molecular flexibility index (Phi) is 5.78. The molecule has 0 saturated heterocycles. The molecule has 1 amide bonds. The van der Waals surface area contributed by atoms with Gasteiger partial charge in [-0.3, -0.25) is 4.79 Å². The summed E-state index contributed by atoms with van der Waals surface area (Å²) in [7, 11) is 3.96. The Hall–Kier alpha value is -2.14. The topological polar surface area (TPSA) is 45.5 Å². The molecular weight excluding hydrogens is 307 g/mol. The van der Waals surface area contributed by atoms with E-state index in [2.05, 4.69) is 24.1 Å². The van der Waals surface area contributed by atoms with Gasteiger partial charge in [-0.15, -0.1) is 0 Å². The third-order valence-corrected chi connectivity index (χ3v) is 4.48. The van der Waals surface area contributed by atoms with Gasteiger partial charge in [0, 0.05) is 18.5 Å². The second-order valence-corrected chi connectivity index (χ2v) is 6.81. The molecule has 130 valence electrons. The summed E-state index contributed by atoms with van der Waals surface area (Å²) in [6, 6.07) is 9.69. The van der Waals surface area contributed by atoms with Gasteiger partial charge in [-0.1, -0.05) is 12.1 Å². The van der Waals surface area contributed by atoms with Crippen LogP contribution in [0, 0.1) is 5.82 Å². The van der Waals surface area contributed by atoms with Crippen molar-refractivity contribution in [3.05, 3.63) is 59.8 Å². The molecule has 0 bridgehead atoms. The lowest BCUT2D eigenvalue weighted by Crippen LogP contribution is -2.49. The number of hydrogen-bond donors (Lipinski definition) is 1. The monoisotopic (exact) mass is 332 g/mol. The second-order valence-electron chi connectivity index (χ2n) is 6.81. The standard InChI is InChI=1S/C19H25FN2O2/c1-19(2,22(3)4)13-21-18(23)17(12-16-6-5-11-24-16)14-7-9-15(20)10-8-14/h5-11,17H,12-13H2,1-4H3,(H,21,23). The number of amides is 1. The first-order valence-corrected chi connectivity index (χ1v) is 8.02. The van der Waals surface area contributed by atoms with Crippen molar-refractivity contribution in [1.82, 2.24) is 10.2 Å². The molecule has 1 atom stereocenters. The third kappa shape index (κ3) is 4.68. The summed E-state index contributed by atoms with van der Waals surface area (Å²) in [6.07, 6.45) is 2.02. The first-order valence-electron chi connectivity index (χ1n) is 8.02. The number of nitrogens with one attached hydrogen (secondary N) is 1. The molecule has 0 spiro atoms. The van der Waals surface area contributed by atoms with Crippen molar-refractivity contribution < 1.29 is 13.6 Å². The van der Waals surface area contributed by atoms with E-state index in [9.17, 15) is 9.18 Å². The van der Waals surface area contributed by atoms with Gasteiger partial charge in [-0.25, -0.2) is 4.39 Å². The number of hydrogen-bond acceptors (Lipinski definition) is 3. The molecule has 1 heterocycles. The van der Waals surface area contributed by atoms with Crippen LogP contribution in [0.3, 0.4) is 0 Å². The summed E-state index contributed by atoms with van der Waals surface area (Å²) in [5.74, 6) is -0.0985. The van der Waals surface area contributed by atoms with Crippen molar-refractivity contribution in [2.75, 3.05) is 20.6 Å². The molecule has 1 unspecified atom stereocenters. The number of carbonyl (C=O) groups is 1. The Bertz CT molecular complexity index is 649. The molecule has 0 radical (unpaired) electrons. The number of carbonyl (C=O) groups excluding carboxylic acids is 1. The van der Waals surface area contributed by atoms with Gasteiger partial charge in [0.2, 0.25) is 5.91 Å². The first-order chi connectivity index (χ1) is 11.3. The van der Waals surface area contributed by atoms with Crippen molar-refractivity contribution in [3.63, 3.8) is 0 Å². The minimum Gasteiger partial charge on any atom is -0.469 e. The lowest BCUT2D eigenvalue weighted by atomic mass is 9.93. The molecule has 0 saturated carbocycles. The van der Waals surface area contributed by atoms with Gasteiger partial charge in [0.1, 0.15) is 11.6 Å². The highest BCUT2D eigenvalue weighted by Crippen LogP contribution is 2.22. The van der Waals surface area contributed by atoms with Gasteiger partial charge >= 0.3 is 0 Å². The zero-order valence-corrected chi connectivity index (χ0v) is 14.7. The van der Waals surface area contributed by atoms with E-state index in [0.29, 0.717) is 13.0 Å². The predicted molar refractivity (Wildman–Crippen MR) is 92.3 cm³/mol. The summed E-state index contributed by atoms with van der Waals surface area (Å²) < 4.78 is 18.6. The van der Waals surface area contributed by atoms with Crippen LogP contribution in [-0.4, -0.2) is 37.0 Å². The lowest BCUT2D eigenvalue weighted by molar-refractivity contribution is -0.123. The van der Waals surface area contributed by atoms with E-state index < -0.39 is 5.92 Å². The van der Waals surface area contributed by atoms with Crippen molar-refractivity contribution >= 4 is 5.91 Å². The normalized spacial score (nSPS) is 13.1. The summed E-state index contributed by atoms with van der Waals surface area (Å²) >= 11 is 0. The molecule has 1 aromatic heterocycles. The maximum Gasteiger partial charge on any atom is 0.228 e. The fourth-order valence-corrected chi connectivity index (χ4v) is 2.27. The summed E-state index contributed by atoms with van der Waals surface area (Å²) in [4.78, 5) is 14.8. The Morgan fingerprint density at radius 2 is 1.92 bits per heavy atom. The van der Waals surface area contributed by atoms with Crippen molar-refractivity contribution in [2.24, 2.45) is 0 Å². The molecule has 4 nitrogen and oxygen atoms in total. The first kappa shape index (κ1) is 18.2. The molecule has 0 fully saturated rings. The number of rotatable bonds is 7. The average Bonchev–Trinajstić information content (AvgIpc) is 3.04. The van der Waals surface area contributed by atoms with E-state index in [4.69, 9.17) is 4.42 Å². The molecule has 24 heavy (non-hydrogen) atoms. The highest BCUT2D eigenvalue weighted by Gasteiger charge is 2.26. The van der Waals surface area contributed by atoms with Crippen LogP contribution in [0.4, 0.5) is 4.39 Å². The molecule has 0 aliphatic rings. The molecular formula is C19H25FN2O2. The van der Waals surface area contributed by atoms with Crippen LogP contribution in [0.5, 0.6) is 0 Å². The number of halogens is 1. The molecule has 1 aromatic carbocycles. The Labute approximate surface area is 142 Å². The van der Waals surface area contributed by atoms with E-state index in [0.717, 1.165) is 11.3 Å². The fourth-order valence-electron chi connectivity index (χ4n) is 2.27. The Morgan fingerprint density at radius 3 is 2.46 bits per heavy atom. The van der Waals surface area contributed by atoms with E-state index in [1.807, 2.05) is 20.2 Å². The van der Waals surface area contributed by atoms with Crippen LogP contribution >= 0.6 is 0 Å². The Balaban J connectivity index is 2.15. The van der Waals surface area contributed by atoms with Crippen LogP contribution in [0.1, 0.15) is 31.1 Å². The predicted octanol–water partition coefficient (Wildman–Crippen LogP) is 3.20. The second kappa shape index (κ2) is 7.62. The summed E-state index contributed by atoms with van der Waals surface area (Å²) in [5.41, 5.74) is 0.612. The maximum atomic E-state index is 13.2. The highest BCUT2D eigenvalue weighted by molar-refractivity contribution is 5.84. The zero-order valence-electron chi connectivity index (χ0n) is 14.7. The minimum absolute atomic E-state index is 0.0899. The summed E-state index contributed by atoms with van der Waals surface area (Å²) in [5, 5.41) is 3.01. The molecule has 0 aliphatic heterocycles. The van der Waals surface area contributed by atoms with Gasteiger partial charge in [-0.2, -0.15) is 0 Å². The highest BCUT2D eigenvalue weighted by atomic mass is 19.1. The lowest BCUT2D eigenvalue weighted by Gasteiger charge is -2.33. The zero-order chi connectivity index (χ0) is 17.7. The quantitative estimate of drug-likeness (QED) is 0.847. The van der Waals surface area contributed by atoms with Crippen LogP contribution in [0.25, 0.3) is 0 Å². The molecule has 2 aromatic rings. The van der Waals surface area contributed by atoms with Gasteiger partial charge in [0.25, 0.3) is 0 Å². The van der Waals surface area contributed by atoms with Gasteiger partial charge in [0.15, 0.2) is 0 Å². The molecule has 0 aliphatic carbocycles. The number of furan rings is 1. The summed E-state index contributed by atoms with van der Waals surface area (Å²) in [6.45, 7) is 4.65. The van der Waals surface area contributed by atoms with Crippen LogP contribution in [0.15, 0.2) is 47.1 Å². The van der Waals surface area contributed by atoms with Gasteiger partial charge in [0.05, 0.1) is 12.2 Å². The van der Waals surface area contributed by atoms with Crippen LogP contribution < -0.4 is 5.32 Å². The maximum absolute atomic E-state index is 13.2. The van der Waals surface area contributed by atoms with Crippen LogP contribution in [-0.2, 0) is 11.2 Å². The van der Waals surface area contributed by atoms with E-state index in [1.165, 1.54) is 12.1 Å². The minimum atomic E-state index is -0.422. The number of benzene rings is 1. The fraction of sp³-hybridized carbons (Fsp3) is 0.421. The smallest absolute Gasteiger partial charge is 0.228 e. The third-order valence-electron chi connectivity index (χ3n) is 4.48. The van der Waals surface area contributed by atoms with Crippen molar-refractivity contribution in [3.8, 4) is 0 Å². The van der Waals surface area contributed by atoms with Crippen LogP contribution in [0.2, 0.25) is 0 Å². The van der Waals surface area contributed by atoms with Gasteiger partial charge < -0.3 is 14.6 Å². The van der Waals surface area contributed by atoms with Crippen molar-refractivity contribution in [1.29, 1.82) is 0 Å². The molecule has 2 rings (SSSR count). The van der Waals surface area contributed by atoms with E-state index in [-0.39, 0.29) is 17.3 Å². The van der Waals surface area contributed by atoms with Crippen molar-refractivity contribution in [2.45, 2.75) is 31.7 Å². The number of nitrogens with zero attached hydrogens (tertiary/aromatic N) is 1. The molecule has 1 N–H and O–H groups in total. The van der Waals surface area contributed by atoms with E-state index >= 15 is 0 Å². The largest absolute Gasteiger partial charge is 0.469 e. The SMILES string of the molecule is CN(C)C(C)(C)CNC(=O)C(Cc1ccco1)c1ccc(F)cc1. The average molecular weight is 332 g/mol. The van der Waals surface area contributed by atoms with E-state index in [1.54, 1.807) is 24.5 Å². The molecule has 5 heteroatoms. The number of likely N-dealkylation sites (N-methyl/N-ethyl adjacent to an activating group) is 1.